The Bertz CT molecular complexity index is 914. The maximum Gasteiger partial charge on any atom is 0.277 e. The van der Waals surface area contributed by atoms with Crippen molar-refractivity contribution in [2.24, 2.45) is 0 Å². The Morgan fingerprint density at radius 1 is 1.07 bits per heavy atom. The minimum absolute atomic E-state index is 0.0785. The van der Waals surface area contributed by atoms with Crippen LogP contribution < -0.4 is 4.74 Å². The maximum atomic E-state index is 12.5. The number of ether oxygens (including phenoxy) is 1. The van der Waals surface area contributed by atoms with E-state index < -0.39 is 0 Å². The van der Waals surface area contributed by atoms with Crippen molar-refractivity contribution in [1.29, 1.82) is 0 Å². The molecule has 138 valence electrons. The van der Waals surface area contributed by atoms with Gasteiger partial charge in [0.1, 0.15) is 5.75 Å². The lowest BCUT2D eigenvalue weighted by Crippen LogP contribution is -2.37. The molecule has 2 heterocycles. The Morgan fingerprint density at radius 2 is 1.85 bits per heavy atom. The Morgan fingerprint density at radius 3 is 2.70 bits per heavy atom. The van der Waals surface area contributed by atoms with Crippen molar-refractivity contribution < 1.29 is 13.9 Å². The van der Waals surface area contributed by atoms with Gasteiger partial charge in [0.15, 0.2) is 6.61 Å². The largest absolute Gasteiger partial charge is 0.484 e. The summed E-state index contributed by atoms with van der Waals surface area (Å²) in [5.41, 5.74) is 2.55. The smallest absolute Gasteiger partial charge is 0.277 e. The lowest BCUT2D eigenvalue weighted by Gasteiger charge is -2.28. The normalized spacial score (nSPS) is 13.3. The summed E-state index contributed by atoms with van der Waals surface area (Å²) in [6, 6.07) is 17.7. The number of fused-ring (bicyclic) bond motifs is 1. The molecule has 0 unspecified atom stereocenters. The van der Waals surface area contributed by atoms with E-state index in [1.165, 1.54) is 22.9 Å². The van der Waals surface area contributed by atoms with Gasteiger partial charge in [-0.05, 0) is 29.7 Å². The summed E-state index contributed by atoms with van der Waals surface area (Å²) in [4.78, 5) is 14.4. The highest BCUT2D eigenvalue weighted by Crippen LogP contribution is 2.22. The molecule has 1 aliphatic heterocycles. The molecule has 6 nitrogen and oxygen atoms in total. The summed E-state index contributed by atoms with van der Waals surface area (Å²) in [6.07, 6.45) is 0.897. The highest BCUT2D eigenvalue weighted by atomic mass is 32.2. The number of nitrogens with zero attached hydrogens (tertiary/aromatic N) is 3. The van der Waals surface area contributed by atoms with Crippen LogP contribution in [0.5, 0.6) is 5.75 Å². The van der Waals surface area contributed by atoms with Gasteiger partial charge in [-0.3, -0.25) is 4.79 Å². The predicted molar refractivity (Wildman–Crippen MR) is 101 cm³/mol. The fraction of sp³-hybridized carbons (Fsp3) is 0.250. The average molecular weight is 381 g/mol. The molecule has 4 rings (SSSR count). The molecule has 0 bridgehead atoms. The number of rotatable bonds is 6. The topological polar surface area (TPSA) is 68.5 Å². The van der Waals surface area contributed by atoms with Crippen LogP contribution in [-0.4, -0.2) is 33.3 Å². The van der Waals surface area contributed by atoms with Crippen LogP contribution in [0.2, 0.25) is 0 Å². The van der Waals surface area contributed by atoms with Crippen molar-refractivity contribution in [3.05, 3.63) is 71.6 Å². The van der Waals surface area contributed by atoms with Crippen molar-refractivity contribution in [1.82, 2.24) is 15.1 Å². The van der Waals surface area contributed by atoms with E-state index in [4.69, 9.17) is 9.15 Å². The number of carbonyl (C=O) groups excluding carboxylic acids is 1. The van der Waals surface area contributed by atoms with Crippen molar-refractivity contribution in [3.63, 3.8) is 0 Å². The van der Waals surface area contributed by atoms with Gasteiger partial charge < -0.3 is 14.1 Å². The highest BCUT2D eigenvalue weighted by molar-refractivity contribution is 7.99. The molecule has 7 heteroatoms. The van der Waals surface area contributed by atoms with E-state index in [0.717, 1.165) is 18.7 Å². The van der Waals surface area contributed by atoms with Gasteiger partial charge in [-0.15, -0.1) is 10.2 Å². The van der Waals surface area contributed by atoms with E-state index in [0.29, 0.717) is 17.7 Å². The predicted octanol–water partition coefficient (Wildman–Crippen LogP) is 3.33. The summed E-state index contributed by atoms with van der Waals surface area (Å²) >= 11 is 1.26. The molecule has 0 atom stereocenters. The molecule has 0 aliphatic carbocycles. The quantitative estimate of drug-likeness (QED) is 0.610. The monoisotopic (exact) mass is 381 g/mol. The molecular weight excluding hydrogens is 362 g/mol. The minimum Gasteiger partial charge on any atom is -0.484 e. The third-order valence-electron chi connectivity index (χ3n) is 4.36. The average Bonchev–Trinajstić information content (AvgIpc) is 3.19. The number of benzene rings is 2. The Kier molecular flexibility index (Phi) is 5.39. The van der Waals surface area contributed by atoms with Gasteiger partial charge in [0, 0.05) is 13.1 Å². The zero-order valence-electron chi connectivity index (χ0n) is 14.7. The fourth-order valence-corrected chi connectivity index (χ4v) is 3.62. The van der Waals surface area contributed by atoms with Crippen molar-refractivity contribution >= 4 is 17.7 Å². The Labute approximate surface area is 161 Å². The first kappa shape index (κ1) is 17.6. The van der Waals surface area contributed by atoms with Gasteiger partial charge in [-0.2, -0.15) is 0 Å². The first-order valence-corrected chi connectivity index (χ1v) is 9.74. The number of amides is 1. The molecule has 0 saturated heterocycles. The lowest BCUT2D eigenvalue weighted by molar-refractivity contribution is -0.129. The number of hydrogen-bond acceptors (Lipinski definition) is 6. The molecule has 0 radical (unpaired) electrons. The number of para-hydroxylation sites is 1. The lowest BCUT2D eigenvalue weighted by atomic mass is 10.00. The molecule has 0 spiro atoms. The summed E-state index contributed by atoms with van der Waals surface area (Å²) in [6.45, 7) is 1.61. The van der Waals surface area contributed by atoms with E-state index in [1.54, 1.807) is 0 Å². The van der Waals surface area contributed by atoms with Gasteiger partial charge >= 0.3 is 0 Å². The Hall–Kier alpha value is -2.80. The molecule has 1 aromatic heterocycles. The Balaban J connectivity index is 1.27. The van der Waals surface area contributed by atoms with Crippen LogP contribution in [0.4, 0.5) is 0 Å². The zero-order chi connectivity index (χ0) is 18.5. The first-order valence-electron chi connectivity index (χ1n) is 8.75. The summed E-state index contributed by atoms with van der Waals surface area (Å²) in [5.74, 6) is 1.49. The molecule has 3 aromatic rings. The van der Waals surface area contributed by atoms with Crippen molar-refractivity contribution in [3.8, 4) is 5.75 Å². The summed E-state index contributed by atoms with van der Waals surface area (Å²) in [5, 5.41) is 8.32. The second-order valence-corrected chi connectivity index (χ2v) is 7.11. The van der Waals surface area contributed by atoms with Crippen LogP contribution in [0.25, 0.3) is 0 Å². The first-order chi connectivity index (χ1) is 13.3. The molecular formula is C20H19N3O3S. The standard InChI is InChI=1S/C20H19N3O3S/c24-19(23-11-10-15-6-4-5-7-16(15)12-23)14-27-20-22-21-18(26-20)13-25-17-8-2-1-3-9-17/h1-9H,10-14H2. The SMILES string of the molecule is O=C(CSc1nnc(COc2ccccc2)o1)N1CCc2ccccc2C1. The van der Waals surface area contributed by atoms with Crippen LogP contribution in [0.15, 0.2) is 64.2 Å². The third-order valence-corrected chi connectivity index (χ3v) is 5.16. The van der Waals surface area contributed by atoms with Crippen molar-refractivity contribution in [2.75, 3.05) is 12.3 Å². The molecule has 1 aliphatic rings. The van der Waals surface area contributed by atoms with E-state index in [2.05, 4.69) is 22.3 Å². The van der Waals surface area contributed by atoms with E-state index in [1.807, 2.05) is 47.4 Å². The fourth-order valence-electron chi connectivity index (χ4n) is 2.94. The van der Waals surface area contributed by atoms with Crippen LogP contribution in [-0.2, 0) is 24.4 Å². The maximum absolute atomic E-state index is 12.5. The molecule has 0 saturated carbocycles. The number of hydrogen-bond donors (Lipinski definition) is 0. The summed E-state index contributed by atoms with van der Waals surface area (Å²) in [7, 11) is 0. The van der Waals surface area contributed by atoms with E-state index in [-0.39, 0.29) is 18.3 Å². The second-order valence-electron chi connectivity index (χ2n) is 6.19. The molecule has 2 aromatic carbocycles. The third kappa shape index (κ3) is 4.49. The molecule has 27 heavy (non-hydrogen) atoms. The number of thioether (sulfide) groups is 1. The van der Waals surface area contributed by atoms with Crippen LogP contribution in [0.3, 0.4) is 0 Å². The summed E-state index contributed by atoms with van der Waals surface area (Å²) < 4.78 is 11.1. The highest BCUT2D eigenvalue weighted by Gasteiger charge is 2.21. The van der Waals surface area contributed by atoms with Gasteiger partial charge in [0.25, 0.3) is 11.1 Å². The van der Waals surface area contributed by atoms with E-state index >= 15 is 0 Å². The van der Waals surface area contributed by atoms with E-state index in [9.17, 15) is 4.79 Å². The van der Waals surface area contributed by atoms with Gasteiger partial charge in [-0.1, -0.05) is 54.2 Å². The molecule has 0 fully saturated rings. The van der Waals surface area contributed by atoms with Crippen molar-refractivity contribution in [2.45, 2.75) is 24.8 Å². The minimum atomic E-state index is 0.0785. The van der Waals surface area contributed by atoms with Gasteiger partial charge in [0.2, 0.25) is 5.91 Å². The number of aromatic nitrogens is 2. The second kappa shape index (κ2) is 8.26. The number of carbonyl (C=O) groups is 1. The zero-order valence-corrected chi connectivity index (χ0v) is 15.5. The molecule has 1 amide bonds. The van der Waals surface area contributed by atoms with Gasteiger partial charge in [-0.25, -0.2) is 0 Å². The van der Waals surface area contributed by atoms with Crippen LogP contribution in [0, 0.1) is 0 Å². The van der Waals surface area contributed by atoms with Crippen LogP contribution in [0.1, 0.15) is 17.0 Å². The van der Waals surface area contributed by atoms with Gasteiger partial charge in [0.05, 0.1) is 5.75 Å². The molecule has 0 N–H and O–H groups in total. The van der Waals surface area contributed by atoms with Crippen LogP contribution >= 0.6 is 11.8 Å².